The van der Waals surface area contributed by atoms with Crippen LogP contribution >= 0.6 is 0 Å². The molecule has 0 atom stereocenters. The van der Waals surface area contributed by atoms with Crippen LogP contribution in [0.5, 0.6) is 0 Å². The Morgan fingerprint density at radius 1 is 0.606 bits per heavy atom. The lowest BCUT2D eigenvalue weighted by Crippen LogP contribution is -2.08. The molecule has 0 saturated heterocycles. The van der Waals surface area contributed by atoms with Crippen LogP contribution in [-0.2, 0) is 36.9 Å². The van der Waals surface area contributed by atoms with E-state index in [9.17, 15) is 4.79 Å². The summed E-state index contributed by atoms with van der Waals surface area (Å²) in [5, 5.41) is 0. The molecule has 0 aliphatic carbocycles. The lowest BCUT2D eigenvalue weighted by molar-refractivity contribution is -0.118. The number of benzene rings is 2. The Kier molecular flexibility index (Phi) is 12.5. The van der Waals surface area contributed by atoms with Crippen LogP contribution in [0, 0.1) is 0 Å². The Bertz CT molecular complexity index is 861. The van der Waals surface area contributed by atoms with Gasteiger partial charge in [0.1, 0.15) is 5.78 Å². The van der Waals surface area contributed by atoms with E-state index >= 15 is 0 Å². The molecular weight excluding hydrogens is 400 g/mol. The molecule has 0 spiro atoms. The lowest BCUT2D eigenvalue weighted by Gasteiger charge is -2.21. The van der Waals surface area contributed by atoms with Gasteiger partial charge < -0.3 is 0 Å². The first kappa shape index (κ1) is 27.4. The first-order valence-corrected chi connectivity index (χ1v) is 13.9. The molecule has 2 aromatic rings. The highest BCUT2D eigenvalue weighted by Crippen LogP contribution is 2.33. The van der Waals surface area contributed by atoms with E-state index in [0.29, 0.717) is 18.6 Å². The van der Waals surface area contributed by atoms with Crippen molar-refractivity contribution in [2.24, 2.45) is 0 Å². The smallest absolute Gasteiger partial charge is 0.137 e. The molecule has 0 amide bonds. The van der Waals surface area contributed by atoms with E-state index < -0.39 is 0 Å². The fourth-order valence-electron chi connectivity index (χ4n) is 5.00. The zero-order chi connectivity index (χ0) is 24.1. The van der Waals surface area contributed by atoms with Crippen LogP contribution in [-0.4, -0.2) is 5.78 Å². The van der Waals surface area contributed by atoms with Crippen molar-refractivity contribution in [2.75, 3.05) is 0 Å². The summed E-state index contributed by atoms with van der Waals surface area (Å²) < 4.78 is 0. The molecule has 0 aliphatic heterocycles. The summed E-state index contributed by atoms with van der Waals surface area (Å²) in [5.74, 6) is 0.353. The first-order valence-electron chi connectivity index (χ1n) is 13.9. The predicted octanol–water partition coefficient (Wildman–Crippen LogP) is 9.25. The maximum absolute atomic E-state index is 12.4. The lowest BCUT2D eigenvalue weighted by atomic mass is 9.84. The van der Waals surface area contributed by atoms with Gasteiger partial charge in [-0.15, -0.1) is 0 Å². The Labute approximate surface area is 204 Å². The molecule has 0 unspecified atom stereocenters. The van der Waals surface area contributed by atoms with Gasteiger partial charge in [-0.25, -0.2) is 0 Å². The van der Waals surface area contributed by atoms with Crippen LogP contribution in [0.3, 0.4) is 0 Å². The van der Waals surface area contributed by atoms with Crippen LogP contribution in [0.4, 0.5) is 0 Å². The van der Waals surface area contributed by atoms with E-state index in [1.807, 2.05) is 6.92 Å². The molecule has 0 N–H and O–H groups in total. The van der Waals surface area contributed by atoms with Gasteiger partial charge >= 0.3 is 0 Å². The van der Waals surface area contributed by atoms with Crippen molar-refractivity contribution < 1.29 is 4.79 Å². The summed E-state index contributed by atoms with van der Waals surface area (Å²) in [6.07, 6.45) is 15.6. The number of unbranched alkanes of at least 4 members (excludes halogenated alkanes) is 4. The Morgan fingerprint density at radius 3 is 1.94 bits per heavy atom. The molecule has 0 radical (unpaired) electrons. The van der Waals surface area contributed by atoms with Crippen LogP contribution < -0.4 is 0 Å². The summed E-state index contributed by atoms with van der Waals surface area (Å²) in [7, 11) is 0. The van der Waals surface area contributed by atoms with Gasteiger partial charge in [0.2, 0.25) is 0 Å². The molecule has 182 valence electrons. The monoisotopic (exact) mass is 448 g/mol. The molecule has 1 heteroatoms. The number of rotatable bonds is 16. The van der Waals surface area contributed by atoms with E-state index in [1.165, 1.54) is 96.7 Å². The fraction of sp³-hybridized carbons (Fsp3) is 0.594. The van der Waals surface area contributed by atoms with Gasteiger partial charge in [-0.2, -0.15) is 0 Å². The minimum atomic E-state index is 0.353. The van der Waals surface area contributed by atoms with Crippen molar-refractivity contribution in [1.82, 2.24) is 0 Å². The molecule has 0 heterocycles. The summed E-state index contributed by atoms with van der Waals surface area (Å²) in [5.41, 5.74) is 10.1. The van der Waals surface area contributed by atoms with Crippen molar-refractivity contribution in [3.8, 4) is 11.1 Å². The second kappa shape index (κ2) is 15.1. The van der Waals surface area contributed by atoms with Crippen LogP contribution in [0.2, 0.25) is 0 Å². The van der Waals surface area contributed by atoms with Crippen LogP contribution in [0.1, 0.15) is 120 Å². The second-order valence-electron chi connectivity index (χ2n) is 9.70. The Morgan fingerprint density at radius 2 is 1.27 bits per heavy atom. The van der Waals surface area contributed by atoms with Crippen molar-refractivity contribution in [3.63, 3.8) is 0 Å². The standard InChI is InChI=1S/C32H48O/c1-6-11-13-14-18-32-30(17-12-7-2)28(24-29(33)10-5)21-22-31(32)27-20-19-25(15-8-3)26(23-27)16-9-4/h19-23H,6-18,24H2,1-5H3. The highest BCUT2D eigenvalue weighted by Gasteiger charge is 2.17. The fourth-order valence-corrected chi connectivity index (χ4v) is 5.00. The number of carbonyl (C=O) groups is 1. The van der Waals surface area contributed by atoms with Crippen LogP contribution in [0.25, 0.3) is 11.1 Å². The van der Waals surface area contributed by atoms with Gasteiger partial charge in [-0.1, -0.05) is 103 Å². The quantitative estimate of drug-likeness (QED) is 0.234. The SMILES string of the molecule is CCCCCCc1c(-c2ccc(CCC)c(CCC)c2)ccc(CC(=O)CC)c1CCCC. The Hall–Kier alpha value is -1.89. The van der Waals surface area contributed by atoms with Crippen molar-refractivity contribution in [1.29, 1.82) is 0 Å². The van der Waals surface area contributed by atoms with Crippen molar-refractivity contribution in [2.45, 2.75) is 125 Å². The minimum Gasteiger partial charge on any atom is -0.299 e. The molecule has 33 heavy (non-hydrogen) atoms. The van der Waals surface area contributed by atoms with Gasteiger partial charge in [-0.05, 0) is 77.5 Å². The zero-order valence-electron chi connectivity index (χ0n) is 22.2. The topological polar surface area (TPSA) is 17.1 Å². The molecule has 0 aromatic heterocycles. The third-order valence-corrected chi connectivity index (χ3v) is 6.93. The second-order valence-corrected chi connectivity index (χ2v) is 9.70. The van der Waals surface area contributed by atoms with E-state index in [1.54, 1.807) is 0 Å². The number of carbonyl (C=O) groups excluding carboxylic acids is 1. The zero-order valence-corrected chi connectivity index (χ0v) is 22.2. The average molecular weight is 449 g/mol. The summed E-state index contributed by atoms with van der Waals surface area (Å²) in [6, 6.07) is 11.8. The molecular formula is C32H48O. The van der Waals surface area contributed by atoms with E-state index in [4.69, 9.17) is 0 Å². The maximum Gasteiger partial charge on any atom is 0.137 e. The third kappa shape index (κ3) is 8.13. The van der Waals surface area contributed by atoms with Crippen molar-refractivity contribution in [3.05, 3.63) is 58.1 Å². The van der Waals surface area contributed by atoms with Crippen molar-refractivity contribution >= 4 is 5.78 Å². The summed E-state index contributed by atoms with van der Waals surface area (Å²) in [6.45, 7) is 11.1. The van der Waals surface area contributed by atoms with Gasteiger partial charge in [0.25, 0.3) is 0 Å². The molecule has 0 bridgehead atoms. The minimum absolute atomic E-state index is 0.353. The molecule has 0 saturated carbocycles. The van der Waals surface area contributed by atoms with Gasteiger partial charge in [0.15, 0.2) is 0 Å². The van der Waals surface area contributed by atoms with E-state index in [2.05, 4.69) is 58.0 Å². The largest absolute Gasteiger partial charge is 0.299 e. The number of ketones is 1. The van der Waals surface area contributed by atoms with Gasteiger partial charge in [-0.3, -0.25) is 4.79 Å². The number of hydrogen-bond donors (Lipinski definition) is 0. The summed E-state index contributed by atoms with van der Waals surface area (Å²) in [4.78, 5) is 12.4. The molecule has 1 nitrogen and oxygen atoms in total. The highest BCUT2D eigenvalue weighted by atomic mass is 16.1. The van der Waals surface area contributed by atoms with Crippen LogP contribution in [0.15, 0.2) is 30.3 Å². The molecule has 2 aromatic carbocycles. The van der Waals surface area contributed by atoms with E-state index in [0.717, 1.165) is 19.3 Å². The Balaban J connectivity index is 2.59. The number of aryl methyl sites for hydroxylation is 2. The first-order chi connectivity index (χ1) is 16.1. The van der Waals surface area contributed by atoms with E-state index in [-0.39, 0.29) is 0 Å². The number of Topliss-reactive ketones (excluding diaryl/α,β-unsaturated/α-hetero) is 1. The normalized spacial score (nSPS) is 11.2. The molecule has 0 aliphatic rings. The summed E-state index contributed by atoms with van der Waals surface area (Å²) >= 11 is 0. The highest BCUT2D eigenvalue weighted by molar-refractivity contribution is 5.82. The maximum atomic E-state index is 12.4. The number of hydrogen-bond acceptors (Lipinski definition) is 1. The van der Waals surface area contributed by atoms with Gasteiger partial charge in [0.05, 0.1) is 0 Å². The average Bonchev–Trinajstić information content (AvgIpc) is 2.82. The predicted molar refractivity (Wildman–Crippen MR) is 145 cm³/mol. The molecule has 0 fully saturated rings. The third-order valence-electron chi connectivity index (χ3n) is 6.93. The molecule has 2 rings (SSSR count). The van der Waals surface area contributed by atoms with Gasteiger partial charge in [0, 0.05) is 12.8 Å².